The summed E-state index contributed by atoms with van der Waals surface area (Å²) in [5, 5.41) is 3.61. The molecule has 0 saturated heterocycles. The van der Waals surface area contributed by atoms with Crippen molar-refractivity contribution in [2.24, 2.45) is 0 Å². The summed E-state index contributed by atoms with van der Waals surface area (Å²) in [6.45, 7) is -0.411. The van der Waals surface area contributed by atoms with E-state index in [1.54, 1.807) is 30.5 Å². The van der Waals surface area contributed by atoms with Crippen molar-refractivity contribution in [1.29, 1.82) is 0 Å². The molecule has 1 amide bonds. The van der Waals surface area contributed by atoms with E-state index in [-0.39, 0.29) is 0 Å². The number of benzene rings is 2. The highest BCUT2D eigenvalue weighted by Gasteiger charge is 2.09. The van der Waals surface area contributed by atoms with Gasteiger partial charge in [-0.25, -0.2) is 4.79 Å². The molecule has 0 aliphatic rings. The molecule has 3 rings (SSSR count). The van der Waals surface area contributed by atoms with Gasteiger partial charge in [-0.3, -0.25) is 9.78 Å². The first-order valence-corrected chi connectivity index (χ1v) is 8.81. The summed E-state index contributed by atoms with van der Waals surface area (Å²) in [4.78, 5) is 28.3. The van der Waals surface area contributed by atoms with E-state index in [1.807, 2.05) is 30.3 Å². The zero-order valence-electron chi connectivity index (χ0n) is 16.0. The lowest BCUT2D eigenvalue weighted by Crippen LogP contribution is -2.20. The SMILES string of the molecule is COc1ccc(NC(=O)COC(=O)/C=C/c2cccc3cccnc23)cc1OC. The van der Waals surface area contributed by atoms with Crippen molar-refractivity contribution in [3.05, 3.63) is 66.4 Å². The molecule has 0 fully saturated rings. The molecule has 0 aliphatic heterocycles. The summed E-state index contributed by atoms with van der Waals surface area (Å²) in [5.74, 6) is -0.0647. The summed E-state index contributed by atoms with van der Waals surface area (Å²) in [6, 6.07) is 14.4. The third kappa shape index (κ3) is 5.10. The molecule has 148 valence electrons. The van der Waals surface area contributed by atoms with Gasteiger partial charge in [0, 0.05) is 35.0 Å². The second kappa shape index (κ2) is 9.36. The lowest BCUT2D eigenvalue weighted by molar-refractivity contribution is -0.142. The average molecular weight is 392 g/mol. The summed E-state index contributed by atoms with van der Waals surface area (Å²) in [6.07, 6.45) is 4.58. The fourth-order valence-electron chi connectivity index (χ4n) is 2.72. The number of carbonyl (C=O) groups is 2. The smallest absolute Gasteiger partial charge is 0.331 e. The number of fused-ring (bicyclic) bond motifs is 1. The minimum atomic E-state index is -0.625. The van der Waals surface area contributed by atoms with Gasteiger partial charge >= 0.3 is 5.97 Å². The Bertz CT molecular complexity index is 1060. The van der Waals surface area contributed by atoms with Crippen LogP contribution in [0.5, 0.6) is 11.5 Å². The van der Waals surface area contributed by atoms with Crippen LogP contribution in [0.25, 0.3) is 17.0 Å². The van der Waals surface area contributed by atoms with Crippen molar-refractivity contribution in [2.45, 2.75) is 0 Å². The normalized spacial score (nSPS) is 10.7. The Morgan fingerprint density at radius 3 is 2.62 bits per heavy atom. The lowest BCUT2D eigenvalue weighted by atomic mass is 10.1. The van der Waals surface area contributed by atoms with E-state index in [9.17, 15) is 9.59 Å². The fraction of sp³-hybridized carbons (Fsp3) is 0.136. The predicted octanol–water partition coefficient (Wildman–Crippen LogP) is 3.45. The molecular formula is C22H20N2O5. The summed E-state index contributed by atoms with van der Waals surface area (Å²) in [7, 11) is 3.03. The van der Waals surface area contributed by atoms with Gasteiger partial charge in [0.1, 0.15) is 0 Å². The van der Waals surface area contributed by atoms with Crippen LogP contribution in [0.3, 0.4) is 0 Å². The molecule has 0 atom stereocenters. The maximum absolute atomic E-state index is 12.0. The number of hydrogen-bond donors (Lipinski definition) is 1. The third-order valence-electron chi connectivity index (χ3n) is 4.08. The van der Waals surface area contributed by atoms with Crippen LogP contribution in [0.1, 0.15) is 5.56 Å². The van der Waals surface area contributed by atoms with Gasteiger partial charge in [-0.15, -0.1) is 0 Å². The third-order valence-corrected chi connectivity index (χ3v) is 4.08. The number of nitrogens with one attached hydrogen (secondary N) is 1. The number of hydrogen-bond acceptors (Lipinski definition) is 6. The van der Waals surface area contributed by atoms with Gasteiger partial charge in [-0.1, -0.05) is 24.3 Å². The van der Waals surface area contributed by atoms with Gasteiger partial charge < -0.3 is 19.5 Å². The monoisotopic (exact) mass is 392 g/mol. The van der Waals surface area contributed by atoms with E-state index < -0.39 is 18.5 Å². The molecular weight excluding hydrogens is 372 g/mol. The van der Waals surface area contributed by atoms with E-state index >= 15 is 0 Å². The van der Waals surface area contributed by atoms with Crippen LogP contribution in [0.4, 0.5) is 5.69 Å². The Hall–Kier alpha value is -3.87. The number of methoxy groups -OCH3 is 2. The van der Waals surface area contributed by atoms with Crippen molar-refractivity contribution in [3.63, 3.8) is 0 Å². The van der Waals surface area contributed by atoms with Crippen LogP contribution in [0.15, 0.2) is 60.8 Å². The molecule has 7 heteroatoms. The number of pyridine rings is 1. The number of nitrogens with zero attached hydrogens (tertiary/aromatic N) is 1. The zero-order valence-corrected chi connectivity index (χ0v) is 16.0. The minimum absolute atomic E-state index is 0.411. The largest absolute Gasteiger partial charge is 0.493 e. The maximum Gasteiger partial charge on any atom is 0.331 e. The van der Waals surface area contributed by atoms with E-state index in [0.29, 0.717) is 17.2 Å². The molecule has 1 heterocycles. The number of carbonyl (C=O) groups excluding carboxylic acids is 2. The standard InChI is InChI=1S/C22H20N2O5/c1-27-18-10-9-17(13-19(18)28-2)24-20(25)14-29-21(26)11-8-16-6-3-5-15-7-4-12-23-22(15)16/h3-13H,14H2,1-2H3,(H,24,25)/b11-8+. The molecule has 7 nitrogen and oxygen atoms in total. The highest BCUT2D eigenvalue weighted by molar-refractivity contribution is 5.96. The molecule has 0 saturated carbocycles. The predicted molar refractivity (Wildman–Crippen MR) is 110 cm³/mol. The van der Waals surface area contributed by atoms with Crippen LogP contribution < -0.4 is 14.8 Å². The Morgan fingerprint density at radius 1 is 1.03 bits per heavy atom. The number of ether oxygens (including phenoxy) is 3. The van der Waals surface area contributed by atoms with Crippen molar-refractivity contribution < 1.29 is 23.8 Å². The summed E-state index contributed by atoms with van der Waals surface area (Å²) >= 11 is 0. The number of rotatable bonds is 7. The summed E-state index contributed by atoms with van der Waals surface area (Å²) in [5.41, 5.74) is 2.07. The van der Waals surface area contributed by atoms with Gasteiger partial charge in [-0.05, 0) is 24.3 Å². The van der Waals surface area contributed by atoms with Crippen LogP contribution >= 0.6 is 0 Å². The molecule has 29 heavy (non-hydrogen) atoms. The van der Waals surface area contributed by atoms with Gasteiger partial charge in [0.25, 0.3) is 5.91 Å². The highest BCUT2D eigenvalue weighted by atomic mass is 16.5. The minimum Gasteiger partial charge on any atom is -0.493 e. The van der Waals surface area contributed by atoms with Crippen LogP contribution in [0, 0.1) is 0 Å². The Morgan fingerprint density at radius 2 is 1.83 bits per heavy atom. The number of para-hydroxylation sites is 1. The molecule has 0 aliphatic carbocycles. The average Bonchev–Trinajstić information content (AvgIpc) is 2.76. The molecule has 1 N–H and O–H groups in total. The number of amides is 1. The molecule has 2 aromatic carbocycles. The van der Waals surface area contributed by atoms with Crippen molar-refractivity contribution >= 4 is 34.5 Å². The Labute approximate surface area is 167 Å². The van der Waals surface area contributed by atoms with Crippen LogP contribution in [0.2, 0.25) is 0 Å². The molecule has 0 radical (unpaired) electrons. The van der Waals surface area contributed by atoms with Crippen molar-refractivity contribution in [1.82, 2.24) is 4.98 Å². The van der Waals surface area contributed by atoms with Gasteiger partial charge in [0.15, 0.2) is 18.1 Å². The van der Waals surface area contributed by atoms with E-state index in [1.165, 1.54) is 20.3 Å². The van der Waals surface area contributed by atoms with Crippen molar-refractivity contribution in [3.8, 4) is 11.5 Å². The van der Waals surface area contributed by atoms with Crippen LogP contribution in [-0.4, -0.2) is 37.7 Å². The van der Waals surface area contributed by atoms with Gasteiger partial charge in [0.2, 0.25) is 0 Å². The highest BCUT2D eigenvalue weighted by Crippen LogP contribution is 2.29. The first-order valence-electron chi connectivity index (χ1n) is 8.81. The second-order valence-electron chi connectivity index (χ2n) is 5.98. The number of esters is 1. The Kier molecular flexibility index (Phi) is 6.42. The zero-order chi connectivity index (χ0) is 20.6. The van der Waals surface area contributed by atoms with E-state index in [2.05, 4.69) is 10.3 Å². The topological polar surface area (TPSA) is 86.8 Å². The lowest BCUT2D eigenvalue weighted by Gasteiger charge is -2.10. The molecule has 0 bridgehead atoms. The molecule has 0 unspecified atom stereocenters. The second-order valence-corrected chi connectivity index (χ2v) is 5.98. The fourth-order valence-corrected chi connectivity index (χ4v) is 2.72. The number of aromatic nitrogens is 1. The quantitative estimate of drug-likeness (QED) is 0.490. The van der Waals surface area contributed by atoms with Gasteiger partial charge in [0.05, 0.1) is 19.7 Å². The first kappa shape index (κ1) is 19.9. The van der Waals surface area contributed by atoms with E-state index in [4.69, 9.17) is 14.2 Å². The molecule has 1 aromatic heterocycles. The summed E-state index contributed by atoms with van der Waals surface area (Å²) < 4.78 is 15.3. The van der Waals surface area contributed by atoms with E-state index in [0.717, 1.165) is 16.5 Å². The molecule has 0 spiro atoms. The Balaban J connectivity index is 1.56. The maximum atomic E-state index is 12.0. The first-order chi connectivity index (χ1) is 14.1. The number of anilines is 1. The van der Waals surface area contributed by atoms with Crippen LogP contribution in [-0.2, 0) is 14.3 Å². The molecule has 3 aromatic rings. The van der Waals surface area contributed by atoms with Gasteiger partial charge in [-0.2, -0.15) is 0 Å². The van der Waals surface area contributed by atoms with Crippen molar-refractivity contribution in [2.75, 3.05) is 26.1 Å².